The maximum Gasteiger partial charge on any atom is 0.229 e. The van der Waals surface area contributed by atoms with Crippen LogP contribution in [0.2, 0.25) is 5.02 Å². The van der Waals surface area contributed by atoms with Gasteiger partial charge in [-0.15, -0.1) is 0 Å². The van der Waals surface area contributed by atoms with E-state index in [4.69, 9.17) is 11.6 Å². The summed E-state index contributed by atoms with van der Waals surface area (Å²) in [4.78, 5) is 13.0. The first-order valence-electron chi connectivity index (χ1n) is 11.9. The lowest BCUT2D eigenvalue weighted by Gasteiger charge is -2.36. The average molecular weight is 524 g/mol. The topological polar surface area (TPSA) is 93.7 Å². The third kappa shape index (κ3) is 5.32. The van der Waals surface area contributed by atoms with Gasteiger partial charge in [0.1, 0.15) is 0 Å². The van der Waals surface area contributed by atoms with Crippen LogP contribution in [0.5, 0.6) is 0 Å². The summed E-state index contributed by atoms with van der Waals surface area (Å²) in [5, 5.41) is 6.95. The molecule has 3 aliphatic rings. The number of benzene rings is 1. The zero-order chi connectivity index (χ0) is 24.7. The van der Waals surface area contributed by atoms with Crippen molar-refractivity contribution in [3.63, 3.8) is 0 Å². The van der Waals surface area contributed by atoms with Crippen molar-refractivity contribution in [3.05, 3.63) is 35.2 Å². The van der Waals surface area contributed by atoms with Crippen LogP contribution in [0.3, 0.4) is 0 Å². The van der Waals surface area contributed by atoms with Gasteiger partial charge in [-0.1, -0.05) is 11.6 Å². The first-order valence-corrected chi connectivity index (χ1v) is 14.2. The molecule has 0 amide bonds. The monoisotopic (exact) mass is 523 g/mol. The fraction of sp³-hybridized carbons (Fsp3) is 0.565. The lowest BCUT2D eigenvalue weighted by Crippen LogP contribution is -2.48. The predicted octanol–water partition coefficient (Wildman–Crippen LogP) is 3.13. The minimum absolute atomic E-state index is 0.192. The molecule has 2 unspecified atom stereocenters. The summed E-state index contributed by atoms with van der Waals surface area (Å²) in [5.74, 6) is 0.0294. The van der Waals surface area contributed by atoms with E-state index in [0.717, 1.165) is 18.5 Å². The number of anilines is 4. The van der Waals surface area contributed by atoms with E-state index in [2.05, 4.69) is 37.4 Å². The van der Waals surface area contributed by atoms with Crippen LogP contribution in [0, 0.1) is 5.82 Å². The van der Waals surface area contributed by atoms with Crippen molar-refractivity contribution in [2.75, 3.05) is 55.0 Å². The van der Waals surface area contributed by atoms with Crippen molar-refractivity contribution >= 4 is 44.8 Å². The van der Waals surface area contributed by atoms with E-state index in [-0.39, 0.29) is 17.8 Å². The van der Waals surface area contributed by atoms with Gasteiger partial charge in [0, 0.05) is 50.0 Å². The average Bonchev–Trinajstić information content (AvgIpc) is 3.01. The van der Waals surface area contributed by atoms with Gasteiger partial charge in [-0.25, -0.2) is 17.8 Å². The summed E-state index contributed by atoms with van der Waals surface area (Å²) in [7, 11) is -1.01. The minimum Gasteiger partial charge on any atom is -0.368 e. The largest absolute Gasteiger partial charge is 0.368 e. The minimum atomic E-state index is -3.19. The SMILES string of the molecule is CN1C2CCC1CC(Nc1nc(Nc3ccc(N4CCN(S(C)(=O)=O)CC4)c(Cl)c3)ncc1F)C2. The molecule has 3 saturated heterocycles. The Kier molecular flexibility index (Phi) is 6.77. The van der Waals surface area contributed by atoms with Crippen LogP contribution in [0.25, 0.3) is 0 Å². The highest BCUT2D eigenvalue weighted by molar-refractivity contribution is 7.88. The Bertz CT molecular complexity index is 1180. The molecule has 0 radical (unpaired) electrons. The molecule has 2 atom stereocenters. The summed E-state index contributed by atoms with van der Waals surface area (Å²) >= 11 is 6.55. The fourth-order valence-electron chi connectivity index (χ4n) is 5.48. The molecule has 0 saturated carbocycles. The third-order valence-electron chi connectivity index (χ3n) is 7.44. The number of rotatable bonds is 6. The molecule has 190 valence electrons. The second-order valence-electron chi connectivity index (χ2n) is 9.69. The number of sulfonamides is 1. The van der Waals surface area contributed by atoms with Gasteiger partial charge in [0.15, 0.2) is 11.6 Å². The molecule has 3 fully saturated rings. The Labute approximate surface area is 210 Å². The van der Waals surface area contributed by atoms with E-state index >= 15 is 0 Å². The molecule has 3 aliphatic heterocycles. The number of aromatic nitrogens is 2. The molecule has 5 rings (SSSR count). The van der Waals surface area contributed by atoms with Gasteiger partial charge >= 0.3 is 0 Å². The maximum absolute atomic E-state index is 14.5. The number of hydrogen-bond donors (Lipinski definition) is 2. The Morgan fingerprint density at radius 3 is 2.43 bits per heavy atom. The molecule has 2 N–H and O–H groups in total. The van der Waals surface area contributed by atoms with E-state index in [1.54, 1.807) is 6.07 Å². The quantitative estimate of drug-likeness (QED) is 0.596. The highest BCUT2D eigenvalue weighted by Crippen LogP contribution is 2.36. The van der Waals surface area contributed by atoms with Gasteiger partial charge < -0.3 is 20.4 Å². The van der Waals surface area contributed by atoms with Crippen molar-refractivity contribution in [3.8, 4) is 0 Å². The van der Waals surface area contributed by atoms with E-state index < -0.39 is 15.8 Å². The number of hydrogen-bond acceptors (Lipinski definition) is 8. The van der Waals surface area contributed by atoms with Crippen molar-refractivity contribution in [1.29, 1.82) is 0 Å². The van der Waals surface area contributed by atoms with E-state index in [1.807, 2.05) is 12.1 Å². The molecule has 4 heterocycles. The standard InChI is InChI=1S/C23H31ClFN7O2S/c1-30-17-4-5-18(30)12-16(11-17)27-22-20(25)14-26-23(29-22)28-15-3-6-21(19(24)13-15)31-7-9-32(10-8-31)35(2,33)34/h3,6,13-14,16-18H,4-5,7-12H2,1-2H3,(H2,26,27,28,29). The number of nitrogens with one attached hydrogen (secondary N) is 2. The number of fused-ring (bicyclic) bond motifs is 2. The van der Waals surface area contributed by atoms with E-state index in [9.17, 15) is 12.8 Å². The van der Waals surface area contributed by atoms with Crippen LogP contribution in [-0.4, -0.2) is 85.2 Å². The maximum atomic E-state index is 14.5. The molecule has 1 aromatic heterocycles. The van der Waals surface area contributed by atoms with Crippen LogP contribution in [0.4, 0.5) is 27.5 Å². The molecule has 0 spiro atoms. The number of piperidine rings is 1. The molecular weight excluding hydrogens is 493 g/mol. The van der Waals surface area contributed by atoms with Crippen LogP contribution in [0.1, 0.15) is 25.7 Å². The first kappa shape index (κ1) is 24.5. The zero-order valence-electron chi connectivity index (χ0n) is 19.9. The summed E-state index contributed by atoms with van der Waals surface area (Å²) in [6.45, 7) is 1.98. The normalized spacial score (nSPS) is 25.6. The Balaban J connectivity index is 1.24. The van der Waals surface area contributed by atoms with Crippen molar-refractivity contribution in [2.45, 2.75) is 43.8 Å². The fourth-order valence-corrected chi connectivity index (χ4v) is 6.61. The molecule has 0 aliphatic carbocycles. The van der Waals surface area contributed by atoms with E-state index in [0.29, 0.717) is 49.0 Å². The number of halogens is 2. The van der Waals surface area contributed by atoms with Gasteiger partial charge in [-0.05, 0) is 50.9 Å². The predicted molar refractivity (Wildman–Crippen MR) is 137 cm³/mol. The van der Waals surface area contributed by atoms with Gasteiger partial charge in [-0.2, -0.15) is 9.29 Å². The zero-order valence-corrected chi connectivity index (χ0v) is 21.5. The van der Waals surface area contributed by atoms with Crippen molar-refractivity contribution in [2.24, 2.45) is 0 Å². The molecular formula is C23H31ClFN7O2S. The molecule has 9 nitrogen and oxygen atoms in total. The molecule has 2 bridgehead atoms. The van der Waals surface area contributed by atoms with Crippen LogP contribution in [0.15, 0.2) is 24.4 Å². The lowest BCUT2D eigenvalue weighted by molar-refractivity contribution is 0.168. The van der Waals surface area contributed by atoms with Gasteiger partial charge in [-0.3, -0.25) is 0 Å². The van der Waals surface area contributed by atoms with Gasteiger partial charge in [0.05, 0.1) is 23.2 Å². The third-order valence-corrected chi connectivity index (χ3v) is 9.04. The lowest BCUT2D eigenvalue weighted by atomic mass is 9.98. The Hall–Kier alpha value is -2.21. The summed E-state index contributed by atoms with van der Waals surface area (Å²) in [5.41, 5.74) is 1.52. The van der Waals surface area contributed by atoms with Crippen molar-refractivity contribution < 1.29 is 12.8 Å². The highest BCUT2D eigenvalue weighted by atomic mass is 35.5. The summed E-state index contributed by atoms with van der Waals surface area (Å²) < 4.78 is 39.4. The summed E-state index contributed by atoms with van der Waals surface area (Å²) in [6, 6.07) is 6.80. The second-order valence-corrected chi connectivity index (χ2v) is 12.1. The Morgan fingerprint density at radius 1 is 1.11 bits per heavy atom. The van der Waals surface area contributed by atoms with Crippen LogP contribution < -0.4 is 15.5 Å². The number of piperazine rings is 1. The van der Waals surface area contributed by atoms with Gasteiger partial charge in [0.2, 0.25) is 16.0 Å². The molecule has 35 heavy (non-hydrogen) atoms. The summed E-state index contributed by atoms with van der Waals surface area (Å²) in [6.07, 6.45) is 6.76. The molecule has 1 aromatic carbocycles. The van der Waals surface area contributed by atoms with Crippen LogP contribution >= 0.6 is 11.6 Å². The van der Waals surface area contributed by atoms with Crippen LogP contribution in [-0.2, 0) is 10.0 Å². The van der Waals surface area contributed by atoms with Crippen molar-refractivity contribution in [1.82, 2.24) is 19.2 Å². The number of nitrogens with zero attached hydrogens (tertiary/aromatic N) is 5. The molecule has 12 heteroatoms. The Morgan fingerprint density at radius 2 is 1.80 bits per heavy atom. The first-order chi connectivity index (χ1) is 16.7. The molecule has 2 aromatic rings. The highest BCUT2D eigenvalue weighted by Gasteiger charge is 2.38. The van der Waals surface area contributed by atoms with E-state index in [1.165, 1.54) is 29.6 Å². The smallest absolute Gasteiger partial charge is 0.229 e. The second kappa shape index (κ2) is 9.68. The van der Waals surface area contributed by atoms with Gasteiger partial charge in [0.25, 0.3) is 0 Å².